The molecule has 6 heteroatoms. The Bertz CT molecular complexity index is 502. The standard InChI is InChI=1S/C17H27N3O3/c1-17(2,3)7-15(21)20-10-14-16(22)13(11-23-14)19-9-12-5-4-6-18-8-12/h4-6,8,13-14,16,19,22H,7,9-11H2,1-3H3,(H,20,21)/t13-,14-,16+/m1/s1. The largest absolute Gasteiger partial charge is 0.389 e. The van der Waals surface area contributed by atoms with E-state index in [0.717, 1.165) is 5.56 Å². The molecule has 1 aliphatic rings. The molecule has 1 aliphatic heterocycles. The van der Waals surface area contributed by atoms with Gasteiger partial charge in [-0.1, -0.05) is 26.8 Å². The Balaban J connectivity index is 1.73. The normalized spacial score (nSPS) is 24.6. The predicted molar refractivity (Wildman–Crippen MR) is 87.7 cm³/mol. The van der Waals surface area contributed by atoms with Gasteiger partial charge >= 0.3 is 0 Å². The first kappa shape index (κ1) is 17.8. The zero-order chi connectivity index (χ0) is 16.9. The summed E-state index contributed by atoms with van der Waals surface area (Å²) in [6.45, 7) is 7.45. The van der Waals surface area contributed by atoms with E-state index in [0.29, 0.717) is 26.1 Å². The van der Waals surface area contributed by atoms with Crippen LogP contribution < -0.4 is 10.6 Å². The van der Waals surface area contributed by atoms with Crippen LogP contribution in [0.25, 0.3) is 0 Å². The van der Waals surface area contributed by atoms with Gasteiger partial charge in [-0.3, -0.25) is 9.78 Å². The lowest BCUT2D eigenvalue weighted by Gasteiger charge is -2.21. The third-order valence-corrected chi connectivity index (χ3v) is 3.77. The maximum Gasteiger partial charge on any atom is 0.220 e. The molecule has 0 unspecified atom stereocenters. The van der Waals surface area contributed by atoms with E-state index in [1.165, 1.54) is 0 Å². The van der Waals surface area contributed by atoms with Gasteiger partial charge in [-0.2, -0.15) is 0 Å². The van der Waals surface area contributed by atoms with Gasteiger partial charge in [0.2, 0.25) is 5.91 Å². The molecular weight excluding hydrogens is 294 g/mol. The van der Waals surface area contributed by atoms with E-state index in [1.807, 2.05) is 32.9 Å². The van der Waals surface area contributed by atoms with Crippen molar-refractivity contribution in [1.82, 2.24) is 15.6 Å². The zero-order valence-electron chi connectivity index (χ0n) is 14.1. The Morgan fingerprint density at radius 3 is 2.91 bits per heavy atom. The van der Waals surface area contributed by atoms with E-state index >= 15 is 0 Å². The monoisotopic (exact) mass is 321 g/mol. The average molecular weight is 321 g/mol. The van der Waals surface area contributed by atoms with Crippen molar-refractivity contribution in [2.75, 3.05) is 13.2 Å². The van der Waals surface area contributed by atoms with Crippen molar-refractivity contribution in [3.8, 4) is 0 Å². The van der Waals surface area contributed by atoms with Gasteiger partial charge in [0, 0.05) is 31.9 Å². The molecule has 6 nitrogen and oxygen atoms in total. The molecule has 1 saturated heterocycles. The smallest absolute Gasteiger partial charge is 0.220 e. The van der Waals surface area contributed by atoms with Crippen molar-refractivity contribution in [1.29, 1.82) is 0 Å². The highest BCUT2D eigenvalue weighted by Gasteiger charge is 2.35. The molecule has 1 aromatic rings. The topological polar surface area (TPSA) is 83.5 Å². The lowest BCUT2D eigenvalue weighted by Crippen LogP contribution is -2.44. The van der Waals surface area contributed by atoms with Crippen molar-refractivity contribution >= 4 is 5.91 Å². The number of carbonyl (C=O) groups is 1. The highest BCUT2D eigenvalue weighted by Crippen LogP contribution is 2.18. The first-order chi connectivity index (χ1) is 10.8. The fourth-order valence-electron chi connectivity index (χ4n) is 2.55. The van der Waals surface area contributed by atoms with E-state index in [4.69, 9.17) is 4.74 Å². The van der Waals surface area contributed by atoms with Gasteiger partial charge < -0.3 is 20.5 Å². The zero-order valence-corrected chi connectivity index (χ0v) is 14.1. The van der Waals surface area contributed by atoms with Gasteiger partial charge in [0.05, 0.1) is 18.8 Å². The van der Waals surface area contributed by atoms with Crippen LogP contribution in [0.2, 0.25) is 0 Å². The van der Waals surface area contributed by atoms with E-state index in [9.17, 15) is 9.90 Å². The summed E-state index contributed by atoms with van der Waals surface area (Å²) >= 11 is 0. The molecule has 23 heavy (non-hydrogen) atoms. The van der Waals surface area contributed by atoms with E-state index in [1.54, 1.807) is 12.4 Å². The number of hydrogen-bond donors (Lipinski definition) is 3. The molecule has 3 N–H and O–H groups in total. The van der Waals surface area contributed by atoms with Gasteiger partial charge in [-0.15, -0.1) is 0 Å². The highest BCUT2D eigenvalue weighted by molar-refractivity contribution is 5.76. The maximum atomic E-state index is 11.8. The van der Waals surface area contributed by atoms with Crippen molar-refractivity contribution < 1.29 is 14.6 Å². The van der Waals surface area contributed by atoms with Crippen LogP contribution in [-0.4, -0.2) is 47.4 Å². The third kappa shape index (κ3) is 5.89. The van der Waals surface area contributed by atoms with Crippen molar-refractivity contribution in [3.05, 3.63) is 30.1 Å². The first-order valence-electron chi connectivity index (χ1n) is 8.04. The van der Waals surface area contributed by atoms with Gasteiger partial charge in [0.25, 0.3) is 0 Å². The Labute approximate surface area is 137 Å². The molecule has 0 aromatic carbocycles. The number of pyridine rings is 1. The molecule has 2 heterocycles. The fraction of sp³-hybridized carbons (Fsp3) is 0.647. The SMILES string of the molecule is CC(C)(C)CC(=O)NC[C@H]1OC[C@@H](NCc2cccnc2)[C@@H]1O. The Kier molecular flexibility index (Phi) is 6.10. The van der Waals surface area contributed by atoms with Crippen LogP contribution in [0, 0.1) is 5.41 Å². The molecule has 0 bridgehead atoms. The van der Waals surface area contributed by atoms with Crippen LogP contribution >= 0.6 is 0 Å². The van der Waals surface area contributed by atoms with Gasteiger partial charge in [0.15, 0.2) is 0 Å². The second-order valence-corrected chi connectivity index (χ2v) is 7.25. The molecule has 3 atom stereocenters. The summed E-state index contributed by atoms with van der Waals surface area (Å²) in [5.74, 6) is -0.0138. The van der Waals surface area contributed by atoms with Gasteiger partial charge in [-0.25, -0.2) is 0 Å². The number of amides is 1. The number of nitrogens with one attached hydrogen (secondary N) is 2. The summed E-state index contributed by atoms with van der Waals surface area (Å²) in [5.41, 5.74) is 1.01. The van der Waals surface area contributed by atoms with E-state index in [-0.39, 0.29) is 23.5 Å². The molecule has 0 radical (unpaired) electrons. The Morgan fingerprint density at radius 1 is 1.48 bits per heavy atom. The number of aliphatic hydroxyl groups excluding tert-OH is 1. The number of nitrogens with zero attached hydrogens (tertiary/aromatic N) is 1. The molecular formula is C17H27N3O3. The Hall–Kier alpha value is -1.50. The van der Waals surface area contributed by atoms with E-state index < -0.39 is 6.10 Å². The third-order valence-electron chi connectivity index (χ3n) is 3.77. The van der Waals surface area contributed by atoms with Crippen LogP contribution in [0.4, 0.5) is 0 Å². The maximum absolute atomic E-state index is 11.8. The van der Waals surface area contributed by atoms with Crippen LogP contribution in [0.3, 0.4) is 0 Å². The minimum absolute atomic E-state index is 0.0138. The second-order valence-electron chi connectivity index (χ2n) is 7.25. The second kappa shape index (κ2) is 7.86. The summed E-state index contributed by atoms with van der Waals surface area (Å²) in [5, 5.41) is 16.4. The predicted octanol–water partition coefficient (Wildman–Crippen LogP) is 0.852. The van der Waals surface area contributed by atoms with Crippen LogP contribution in [-0.2, 0) is 16.1 Å². The van der Waals surface area contributed by atoms with Crippen molar-refractivity contribution in [2.24, 2.45) is 5.41 Å². The van der Waals surface area contributed by atoms with E-state index in [2.05, 4.69) is 15.6 Å². The summed E-state index contributed by atoms with van der Waals surface area (Å²) in [6.07, 6.45) is 2.97. The molecule has 1 fully saturated rings. The number of hydrogen-bond acceptors (Lipinski definition) is 5. The minimum Gasteiger partial charge on any atom is -0.389 e. The number of carbonyl (C=O) groups excluding carboxylic acids is 1. The molecule has 128 valence electrons. The molecule has 0 spiro atoms. The van der Waals surface area contributed by atoms with Gasteiger partial charge in [0.1, 0.15) is 6.10 Å². The summed E-state index contributed by atoms with van der Waals surface area (Å²) in [7, 11) is 0. The number of aliphatic hydroxyl groups is 1. The summed E-state index contributed by atoms with van der Waals surface area (Å²) in [4.78, 5) is 15.9. The van der Waals surface area contributed by atoms with Crippen LogP contribution in [0.1, 0.15) is 32.8 Å². The molecule has 2 rings (SSSR count). The van der Waals surface area contributed by atoms with Crippen LogP contribution in [0.15, 0.2) is 24.5 Å². The fourth-order valence-corrected chi connectivity index (χ4v) is 2.55. The average Bonchev–Trinajstić information content (AvgIpc) is 2.83. The lowest BCUT2D eigenvalue weighted by atomic mass is 9.92. The molecule has 0 saturated carbocycles. The molecule has 1 amide bonds. The Morgan fingerprint density at radius 2 is 2.26 bits per heavy atom. The van der Waals surface area contributed by atoms with Crippen LogP contribution in [0.5, 0.6) is 0 Å². The minimum atomic E-state index is -0.637. The molecule has 0 aliphatic carbocycles. The van der Waals surface area contributed by atoms with Gasteiger partial charge in [-0.05, 0) is 17.0 Å². The summed E-state index contributed by atoms with van der Waals surface area (Å²) in [6, 6.07) is 3.72. The number of aromatic nitrogens is 1. The van der Waals surface area contributed by atoms with Crippen molar-refractivity contribution in [2.45, 2.75) is 52.0 Å². The number of ether oxygens (including phenoxy) is 1. The number of rotatable bonds is 6. The summed E-state index contributed by atoms with van der Waals surface area (Å²) < 4.78 is 5.60. The first-order valence-corrected chi connectivity index (χ1v) is 8.04. The molecule has 1 aromatic heterocycles. The lowest BCUT2D eigenvalue weighted by molar-refractivity contribution is -0.123. The van der Waals surface area contributed by atoms with Crippen molar-refractivity contribution in [3.63, 3.8) is 0 Å². The quantitative estimate of drug-likeness (QED) is 0.723. The highest BCUT2D eigenvalue weighted by atomic mass is 16.5.